The molecule has 0 saturated heterocycles. The van der Waals surface area contributed by atoms with Crippen LogP contribution in [0, 0.1) is 5.92 Å². The van der Waals surface area contributed by atoms with Crippen molar-refractivity contribution in [3.8, 4) is 22.5 Å². The van der Waals surface area contributed by atoms with E-state index in [2.05, 4.69) is 51.1 Å². The molecular weight excluding hydrogens is 490 g/mol. The number of aromatic nitrogens is 4. The van der Waals surface area contributed by atoms with E-state index in [9.17, 15) is 10.0 Å². The molecule has 3 aromatic heterocycles. The molecule has 1 aliphatic rings. The van der Waals surface area contributed by atoms with E-state index >= 15 is 0 Å². The smallest absolute Gasteiger partial charge is 0.216 e. The Morgan fingerprint density at radius 2 is 1.90 bits per heavy atom. The number of carbonyl (C=O) groups excluding carboxylic acids is 1. The van der Waals surface area contributed by atoms with Crippen LogP contribution in [0.25, 0.3) is 38.9 Å². The van der Waals surface area contributed by atoms with Gasteiger partial charge in [-0.25, -0.2) is 15.0 Å². The van der Waals surface area contributed by atoms with Gasteiger partial charge in [-0.15, -0.1) is 0 Å². The number of hydrogen-bond acceptors (Lipinski definition) is 7. The molecule has 4 N–H and O–H groups in total. The SMILES string of the molecule is CC(=O)NCCN(O)C[C@H]1C[C@@H](c2nc(-c3ccc4ccc(-c5ccccc5)nc4c3)c3c(N)nccn32)C1. The van der Waals surface area contributed by atoms with Gasteiger partial charge in [0.1, 0.15) is 22.9 Å². The maximum absolute atomic E-state index is 11.1. The number of benzene rings is 2. The van der Waals surface area contributed by atoms with Crippen molar-refractivity contribution in [2.24, 2.45) is 5.92 Å². The highest BCUT2D eigenvalue weighted by atomic mass is 16.5. The molecule has 2 aromatic carbocycles. The van der Waals surface area contributed by atoms with Gasteiger partial charge in [0, 0.05) is 61.4 Å². The number of fused-ring (bicyclic) bond motifs is 2. The zero-order valence-electron chi connectivity index (χ0n) is 21.8. The molecule has 1 amide bonds. The molecule has 39 heavy (non-hydrogen) atoms. The predicted octanol–water partition coefficient (Wildman–Crippen LogP) is 4.51. The Balaban J connectivity index is 1.27. The first-order valence-corrected chi connectivity index (χ1v) is 13.2. The van der Waals surface area contributed by atoms with Gasteiger partial charge in [0.2, 0.25) is 5.91 Å². The predicted molar refractivity (Wildman–Crippen MR) is 151 cm³/mol. The van der Waals surface area contributed by atoms with Crippen molar-refractivity contribution in [1.82, 2.24) is 29.7 Å². The summed E-state index contributed by atoms with van der Waals surface area (Å²) in [6, 6.07) is 20.5. The Bertz CT molecular complexity index is 1640. The van der Waals surface area contributed by atoms with Crippen LogP contribution >= 0.6 is 0 Å². The van der Waals surface area contributed by atoms with Gasteiger partial charge in [-0.2, -0.15) is 5.06 Å². The third kappa shape index (κ3) is 5.06. The Hall–Kier alpha value is -4.34. The number of pyridine rings is 1. The van der Waals surface area contributed by atoms with Crippen molar-refractivity contribution >= 4 is 28.1 Å². The summed E-state index contributed by atoms with van der Waals surface area (Å²) in [7, 11) is 0. The first kappa shape index (κ1) is 25.0. The van der Waals surface area contributed by atoms with Gasteiger partial charge >= 0.3 is 0 Å². The number of rotatable bonds is 8. The molecule has 5 aromatic rings. The quantitative estimate of drug-likeness (QED) is 0.257. The van der Waals surface area contributed by atoms with E-state index in [4.69, 9.17) is 15.7 Å². The highest BCUT2D eigenvalue weighted by Crippen LogP contribution is 2.43. The number of imidazole rings is 1. The van der Waals surface area contributed by atoms with Crippen molar-refractivity contribution in [3.63, 3.8) is 0 Å². The van der Waals surface area contributed by atoms with E-state index in [-0.39, 0.29) is 11.8 Å². The molecule has 0 unspecified atom stereocenters. The van der Waals surface area contributed by atoms with Crippen molar-refractivity contribution in [2.45, 2.75) is 25.7 Å². The van der Waals surface area contributed by atoms with Crippen LogP contribution in [0.4, 0.5) is 5.82 Å². The summed E-state index contributed by atoms with van der Waals surface area (Å²) in [5.74, 6) is 1.91. The summed E-state index contributed by atoms with van der Waals surface area (Å²) in [5, 5.41) is 15.3. The average Bonchev–Trinajstić information content (AvgIpc) is 3.30. The number of anilines is 1. The molecule has 0 bridgehead atoms. The molecule has 9 heteroatoms. The lowest BCUT2D eigenvalue weighted by Gasteiger charge is -2.36. The van der Waals surface area contributed by atoms with Crippen molar-refractivity contribution in [2.75, 3.05) is 25.4 Å². The molecule has 3 heterocycles. The van der Waals surface area contributed by atoms with Gasteiger partial charge in [0.05, 0.1) is 11.2 Å². The maximum Gasteiger partial charge on any atom is 0.216 e. The molecule has 1 saturated carbocycles. The minimum atomic E-state index is -0.0957. The third-order valence-corrected chi connectivity index (χ3v) is 7.46. The molecular formula is C30H31N7O2. The summed E-state index contributed by atoms with van der Waals surface area (Å²) in [6.45, 7) is 2.87. The van der Waals surface area contributed by atoms with E-state index in [1.54, 1.807) is 6.20 Å². The van der Waals surface area contributed by atoms with Crippen LogP contribution in [0.15, 0.2) is 73.1 Å². The standard InChI is InChI=1S/C30H31N7O2/c1-19(38)32-11-13-36(39)18-20-15-24(16-20)30-35-27(28-29(31)33-12-14-37(28)30)23-8-7-22-9-10-25(34-26(22)17-23)21-5-3-2-4-6-21/h2-10,12,14,17,20,24,39H,11,13,15-16,18H2,1H3,(H2,31,33)(H,32,38)/t20-,24+. The van der Waals surface area contributed by atoms with Crippen LogP contribution in [0.1, 0.15) is 31.5 Å². The molecule has 0 spiro atoms. The van der Waals surface area contributed by atoms with E-state index < -0.39 is 0 Å². The van der Waals surface area contributed by atoms with Crippen molar-refractivity contribution in [3.05, 3.63) is 78.9 Å². The topological polar surface area (TPSA) is 122 Å². The normalized spacial score (nSPS) is 17.0. The monoisotopic (exact) mass is 521 g/mol. The minimum absolute atomic E-state index is 0.0957. The highest BCUT2D eigenvalue weighted by molar-refractivity contribution is 5.91. The van der Waals surface area contributed by atoms with Crippen LogP contribution in [-0.4, -0.2) is 55.2 Å². The molecule has 6 rings (SSSR count). The number of nitrogen functional groups attached to an aromatic ring is 1. The zero-order valence-corrected chi connectivity index (χ0v) is 21.8. The van der Waals surface area contributed by atoms with E-state index in [0.717, 1.165) is 57.6 Å². The van der Waals surface area contributed by atoms with Gasteiger partial charge in [-0.1, -0.05) is 48.5 Å². The summed E-state index contributed by atoms with van der Waals surface area (Å²) in [5.41, 5.74) is 11.8. The number of hydrogen-bond donors (Lipinski definition) is 3. The first-order valence-electron chi connectivity index (χ1n) is 13.2. The summed E-state index contributed by atoms with van der Waals surface area (Å²) >= 11 is 0. The fraction of sp³-hybridized carbons (Fsp3) is 0.267. The number of nitrogens with one attached hydrogen (secondary N) is 1. The van der Waals surface area contributed by atoms with Gasteiger partial charge in [-0.05, 0) is 30.9 Å². The van der Waals surface area contributed by atoms with Gasteiger partial charge in [-0.3, -0.25) is 9.20 Å². The van der Waals surface area contributed by atoms with Gasteiger partial charge in [0.15, 0.2) is 0 Å². The number of carbonyl (C=O) groups is 1. The fourth-order valence-corrected chi connectivity index (χ4v) is 5.46. The second kappa shape index (κ2) is 10.4. The molecule has 0 radical (unpaired) electrons. The molecule has 9 nitrogen and oxygen atoms in total. The minimum Gasteiger partial charge on any atom is -0.382 e. The zero-order chi connectivity index (χ0) is 26.9. The second-order valence-electron chi connectivity index (χ2n) is 10.2. The molecule has 1 aliphatic carbocycles. The van der Waals surface area contributed by atoms with Crippen LogP contribution < -0.4 is 11.1 Å². The molecule has 198 valence electrons. The summed E-state index contributed by atoms with van der Waals surface area (Å²) in [4.78, 5) is 25.4. The Labute approximate surface area is 226 Å². The number of nitrogens with zero attached hydrogens (tertiary/aromatic N) is 5. The third-order valence-electron chi connectivity index (χ3n) is 7.46. The van der Waals surface area contributed by atoms with Crippen LogP contribution in [0.3, 0.4) is 0 Å². The van der Waals surface area contributed by atoms with Crippen LogP contribution in [0.2, 0.25) is 0 Å². The fourth-order valence-electron chi connectivity index (χ4n) is 5.46. The van der Waals surface area contributed by atoms with Crippen LogP contribution in [-0.2, 0) is 4.79 Å². The molecule has 0 atom stereocenters. The first-order chi connectivity index (χ1) is 19.0. The number of amides is 1. The Morgan fingerprint density at radius 3 is 2.69 bits per heavy atom. The van der Waals surface area contributed by atoms with Crippen molar-refractivity contribution < 1.29 is 10.0 Å². The lowest BCUT2D eigenvalue weighted by molar-refractivity contribution is -0.122. The summed E-state index contributed by atoms with van der Waals surface area (Å²) < 4.78 is 2.06. The van der Waals surface area contributed by atoms with Gasteiger partial charge < -0.3 is 16.3 Å². The molecule has 1 fully saturated rings. The van der Waals surface area contributed by atoms with Crippen LogP contribution in [0.5, 0.6) is 0 Å². The lowest BCUT2D eigenvalue weighted by Crippen LogP contribution is -2.38. The Kier molecular flexibility index (Phi) is 6.68. The maximum atomic E-state index is 11.1. The van der Waals surface area contributed by atoms with E-state index in [0.29, 0.717) is 31.4 Å². The van der Waals surface area contributed by atoms with Gasteiger partial charge in [0.25, 0.3) is 0 Å². The van der Waals surface area contributed by atoms with Crippen molar-refractivity contribution in [1.29, 1.82) is 0 Å². The Morgan fingerprint density at radius 1 is 1.10 bits per heavy atom. The lowest BCUT2D eigenvalue weighted by atomic mass is 9.74. The van der Waals surface area contributed by atoms with E-state index in [1.165, 1.54) is 12.0 Å². The summed E-state index contributed by atoms with van der Waals surface area (Å²) in [6.07, 6.45) is 5.46. The number of nitrogens with two attached hydrogens (primary N) is 1. The average molecular weight is 522 g/mol. The number of hydroxylamine groups is 2. The second-order valence-corrected chi connectivity index (χ2v) is 10.2. The molecule has 0 aliphatic heterocycles. The highest BCUT2D eigenvalue weighted by Gasteiger charge is 2.35. The largest absolute Gasteiger partial charge is 0.382 e. The van der Waals surface area contributed by atoms with E-state index in [1.807, 2.05) is 30.5 Å².